The molecule has 0 amide bonds. The van der Waals surface area contributed by atoms with Gasteiger partial charge in [0.15, 0.2) is 0 Å². The summed E-state index contributed by atoms with van der Waals surface area (Å²) in [5, 5.41) is 30.0. The molecule has 9 nitrogen and oxygen atoms in total. The molecule has 9 heteroatoms. The Morgan fingerprint density at radius 1 is 0.574 bits per heavy atom. The van der Waals surface area contributed by atoms with Gasteiger partial charge in [0.25, 0.3) is 0 Å². The van der Waals surface area contributed by atoms with Crippen LogP contribution in [0, 0.1) is 16.2 Å². The number of aromatic hydroxyl groups is 3. The first-order chi connectivity index (χ1) is 25.4. The number of benzene rings is 3. The van der Waals surface area contributed by atoms with E-state index in [1.807, 2.05) is 0 Å². The minimum atomic E-state index is -0.382. The van der Waals surface area contributed by atoms with Crippen molar-refractivity contribution < 1.29 is 43.9 Å². The lowest BCUT2D eigenvalue weighted by Gasteiger charge is -2.28. The number of hydrogen-bond donors (Lipinski definition) is 3. The average Bonchev–Trinajstić information content (AvgIpc) is 3.81. The van der Waals surface area contributed by atoms with E-state index < -0.39 is 0 Å². The summed E-state index contributed by atoms with van der Waals surface area (Å²) in [5.41, 5.74) is 5.45. The van der Waals surface area contributed by atoms with Gasteiger partial charge < -0.3 is 29.5 Å². The summed E-state index contributed by atoms with van der Waals surface area (Å²) >= 11 is 0. The summed E-state index contributed by atoms with van der Waals surface area (Å²) in [7, 11) is 4.09. The quantitative estimate of drug-likeness (QED) is 0.166. The highest BCUT2D eigenvalue weighted by Gasteiger charge is 2.38. The number of ether oxygens (including phenoxy) is 3. The van der Waals surface area contributed by atoms with Crippen LogP contribution in [0.5, 0.6) is 17.2 Å². The van der Waals surface area contributed by atoms with Crippen LogP contribution in [0.15, 0.2) is 60.7 Å². The topological polar surface area (TPSA) is 140 Å². The summed E-state index contributed by atoms with van der Waals surface area (Å²) in [6.07, 6.45) is 11.0. The molecular formula is C45H58O9. The monoisotopic (exact) mass is 742 g/mol. The van der Waals surface area contributed by atoms with Gasteiger partial charge in [-0.3, -0.25) is 0 Å². The van der Waals surface area contributed by atoms with Crippen LogP contribution in [0.3, 0.4) is 0 Å². The zero-order valence-corrected chi connectivity index (χ0v) is 33.4. The normalized spacial score (nSPS) is 20.4. The number of carbonyl (C=O) groups is 3. The van der Waals surface area contributed by atoms with Gasteiger partial charge in [0, 0.05) is 5.56 Å². The second-order valence-corrected chi connectivity index (χ2v) is 16.7. The smallest absolute Gasteiger partial charge is 0.337 e. The van der Waals surface area contributed by atoms with E-state index in [0.717, 1.165) is 60.8 Å². The highest BCUT2D eigenvalue weighted by Crippen LogP contribution is 2.52. The lowest BCUT2D eigenvalue weighted by molar-refractivity contribution is 0.0591. The zero-order valence-electron chi connectivity index (χ0n) is 33.4. The van der Waals surface area contributed by atoms with E-state index in [0.29, 0.717) is 28.5 Å². The third-order valence-corrected chi connectivity index (χ3v) is 11.7. The number of phenolic OH excluding ortho intramolecular Hbond substituents is 3. The molecule has 0 saturated heterocycles. The van der Waals surface area contributed by atoms with Gasteiger partial charge >= 0.3 is 17.9 Å². The van der Waals surface area contributed by atoms with Crippen LogP contribution < -0.4 is 0 Å². The molecule has 0 aromatic heterocycles. The Hall–Kier alpha value is -4.79. The Bertz CT molecular complexity index is 1780. The highest BCUT2D eigenvalue weighted by molar-refractivity contribution is 5.92. The SMILES string of the molecule is COC(=O)c1ccc(O)c(C2=CCCC2(C)C)c1.COC(=O)c1ccc(O)c([C@@H]2CCCC2(C)C)c1.COC(=O)c1ccc(O)c([C@H]2CCCC2(C)C)c1. The number of allylic oxidation sites excluding steroid dienone is 2. The maximum Gasteiger partial charge on any atom is 0.337 e. The molecule has 2 saturated carbocycles. The van der Waals surface area contributed by atoms with E-state index >= 15 is 0 Å². The molecule has 2 atom stereocenters. The van der Waals surface area contributed by atoms with E-state index in [1.54, 1.807) is 54.6 Å². The molecule has 0 bridgehead atoms. The van der Waals surface area contributed by atoms with Gasteiger partial charge in [0.1, 0.15) is 17.2 Å². The summed E-state index contributed by atoms with van der Waals surface area (Å²) < 4.78 is 14.2. The third-order valence-electron chi connectivity index (χ3n) is 11.7. The second-order valence-electron chi connectivity index (χ2n) is 16.7. The average molecular weight is 743 g/mol. The summed E-state index contributed by atoms with van der Waals surface area (Å²) in [5.74, 6) is 0.296. The predicted octanol–water partition coefficient (Wildman–Crippen LogP) is 10.3. The number of methoxy groups -OCH3 is 3. The number of phenols is 3. The van der Waals surface area contributed by atoms with Crippen molar-refractivity contribution in [3.63, 3.8) is 0 Å². The van der Waals surface area contributed by atoms with Gasteiger partial charge in [-0.05, 0) is 138 Å². The summed E-state index contributed by atoms with van der Waals surface area (Å²) in [4.78, 5) is 34.6. The first-order valence-corrected chi connectivity index (χ1v) is 18.8. The molecule has 0 aliphatic heterocycles. The Balaban J connectivity index is 0.000000180. The van der Waals surface area contributed by atoms with E-state index in [1.165, 1.54) is 34.2 Å². The van der Waals surface area contributed by atoms with Crippen LogP contribution in [0.2, 0.25) is 0 Å². The minimum Gasteiger partial charge on any atom is -0.508 e. The van der Waals surface area contributed by atoms with E-state index in [4.69, 9.17) is 14.2 Å². The molecule has 3 aromatic carbocycles. The molecular weight excluding hydrogens is 684 g/mol. The molecule has 54 heavy (non-hydrogen) atoms. The van der Waals surface area contributed by atoms with Crippen molar-refractivity contribution in [3.8, 4) is 17.2 Å². The molecule has 0 spiro atoms. The highest BCUT2D eigenvalue weighted by atomic mass is 16.5. The molecule has 0 heterocycles. The lowest BCUT2D eigenvalue weighted by atomic mass is 9.77. The Morgan fingerprint density at radius 2 is 0.963 bits per heavy atom. The van der Waals surface area contributed by atoms with E-state index in [-0.39, 0.29) is 51.4 Å². The van der Waals surface area contributed by atoms with Crippen molar-refractivity contribution >= 4 is 23.5 Å². The van der Waals surface area contributed by atoms with Crippen LogP contribution in [-0.4, -0.2) is 54.6 Å². The van der Waals surface area contributed by atoms with E-state index in [9.17, 15) is 29.7 Å². The van der Waals surface area contributed by atoms with Gasteiger partial charge in [-0.15, -0.1) is 0 Å². The zero-order chi connectivity index (χ0) is 40.0. The van der Waals surface area contributed by atoms with Gasteiger partial charge in [-0.25, -0.2) is 14.4 Å². The van der Waals surface area contributed by atoms with Crippen molar-refractivity contribution in [1.29, 1.82) is 0 Å². The fraction of sp³-hybridized carbons (Fsp3) is 0.489. The number of rotatable bonds is 6. The lowest BCUT2D eigenvalue weighted by Crippen LogP contribution is -2.16. The molecule has 0 radical (unpaired) electrons. The number of esters is 3. The van der Waals surface area contributed by atoms with Crippen molar-refractivity contribution in [2.75, 3.05) is 21.3 Å². The molecule has 3 aromatic rings. The first-order valence-electron chi connectivity index (χ1n) is 18.8. The summed E-state index contributed by atoms with van der Waals surface area (Å²) in [6.45, 7) is 13.2. The van der Waals surface area contributed by atoms with Crippen molar-refractivity contribution in [2.24, 2.45) is 16.2 Å². The van der Waals surface area contributed by atoms with Gasteiger partial charge in [0.05, 0.1) is 38.0 Å². The molecule has 3 aliphatic carbocycles. The van der Waals surface area contributed by atoms with Crippen LogP contribution in [0.4, 0.5) is 0 Å². The van der Waals surface area contributed by atoms with Crippen molar-refractivity contribution in [2.45, 2.75) is 105 Å². The van der Waals surface area contributed by atoms with Gasteiger partial charge in [0.2, 0.25) is 0 Å². The fourth-order valence-corrected chi connectivity index (χ4v) is 8.42. The Kier molecular flexibility index (Phi) is 13.3. The minimum absolute atomic E-state index is 0.0340. The maximum atomic E-state index is 11.5. The van der Waals surface area contributed by atoms with Crippen LogP contribution in [-0.2, 0) is 14.2 Å². The van der Waals surface area contributed by atoms with Gasteiger partial charge in [-0.2, -0.15) is 0 Å². The van der Waals surface area contributed by atoms with Crippen LogP contribution in [0.25, 0.3) is 5.57 Å². The van der Waals surface area contributed by atoms with Crippen molar-refractivity contribution in [1.82, 2.24) is 0 Å². The first kappa shape index (κ1) is 42.0. The largest absolute Gasteiger partial charge is 0.508 e. The van der Waals surface area contributed by atoms with E-state index in [2.05, 4.69) is 47.6 Å². The number of carbonyl (C=O) groups excluding carboxylic acids is 3. The number of hydrogen-bond acceptors (Lipinski definition) is 9. The molecule has 3 N–H and O–H groups in total. The Morgan fingerprint density at radius 3 is 1.30 bits per heavy atom. The second kappa shape index (κ2) is 17.1. The van der Waals surface area contributed by atoms with Crippen molar-refractivity contribution in [3.05, 3.63) is 94.1 Å². The third kappa shape index (κ3) is 9.46. The van der Waals surface area contributed by atoms with Crippen LogP contribution >= 0.6 is 0 Å². The fourth-order valence-electron chi connectivity index (χ4n) is 8.42. The Labute approximate surface area is 320 Å². The molecule has 0 unspecified atom stereocenters. The van der Waals surface area contributed by atoms with Gasteiger partial charge in [-0.1, -0.05) is 60.5 Å². The maximum absolute atomic E-state index is 11.5. The molecule has 3 aliphatic rings. The standard InChI is InChI=1S/2C15H20O3.C15H18O3/c3*1-15(2)8-4-5-12(15)11-9-10(14(17)18-3)6-7-13(11)16/h2*6-7,9,12,16H,4-5,8H2,1-3H3;5-7,9,16H,4,8H2,1-3H3/t2*12-;/m10./s1. The molecule has 6 rings (SSSR count). The molecule has 292 valence electrons. The summed E-state index contributed by atoms with van der Waals surface area (Å²) in [6, 6.07) is 14.8. The molecule has 2 fully saturated rings. The van der Waals surface area contributed by atoms with Crippen LogP contribution in [0.1, 0.15) is 153 Å². The predicted molar refractivity (Wildman–Crippen MR) is 210 cm³/mol.